The molecule has 0 fully saturated rings. The Bertz CT molecular complexity index is 1810. The van der Waals surface area contributed by atoms with Crippen molar-refractivity contribution in [2.45, 2.75) is 0 Å². The average molecular weight is 427 g/mol. The molecule has 0 unspecified atom stereocenters. The summed E-state index contributed by atoms with van der Waals surface area (Å²) in [7, 11) is 0. The average Bonchev–Trinajstić information content (AvgIpc) is 3.16. The van der Waals surface area contributed by atoms with Gasteiger partial charge < -0.3 is 0 Å². The first-order chi connectivity index (χ1) is 16.3. The van der Waals surface area contributed by atoms with Crippen molar-refractivity contribution in [2.24, 2.45) is 0 Å². The van der Waals surface area contributed by atoms with Crippen LogP contribution in [0.25, 0.3) is 33.1 Å². The van der Waals surface area contributed by atoms with Crippen LogP contribution in [-0.4, -0.2) is 14.9 Å². The van der Waals surface area contributed by atoms with Crippen LogP contribution in [0.1, 0.15) is 10.4 Å². The van der Waals surface area contributed by atoms with E-state index in [1.165, 1.54) is 0 Å². The number of pyridine rings is 1. The summed E-state index contributed by atoms with van der Waals surface area (Å²) in [4.78, 5) is 29.7. The quantitative estimate of drug-likeness (QED) is 0.339. The van der Waals surface area contributed by atoms with E-state index in [1.54, 1.807) is 9.30 Å². The second kappa shape index (κ2) is 6.43. The molecule has 5 nitrogen and oxygen atoms in total. The third-order valence-electron chi connectivity index (χ3n) is 6.43. The molecule has 1 amide bonds. The van der Waals surface area contributed by atoms with Gasteiger partial charge >= 0.3 is 0 Å². The molecule has 4 aromatic carbocycles. The maximum Gasteiger partial charge on any atom is 0.265 e. The van der Waals surface area contributed by atoms with Gasteiger partial charge in [0.15, 0.2) is 5.65 Å². The molecule has 0 spiro atoms. The predicted molar refractivity (Wildman–Crippen MR) is 131 cm³/mol. The van der Waals surface area contributed by atoms with Crippen LogP contribution in [0.5, 0.6) is 0 Å². The molecule has 0 atom stereocenters. The summed E-state index contributed by atoms with van der Waals surface area (Å²) in [6.45, 7) is 0. The highest BCUT2D eigenvalue weighted by molar-refractivity contribution is 6.21. The molecule has 7 rings (SSSR count). The molecule has 0 radical (unpaired) electrons. The Balaban J connectivity index is 1.84. The molecule has 0 bridgehead atoms. The summed E-state index contributed by atoms with van der Waals surface area (Å²) in [6.07, 6.45) is 0. The third kappa shape index (κ3) is 2.25. The number of hydrogen-bond donors (Lipinski definition) is 0. The SMILES string of the molecule is O=C1c2ccccc2-n2c3ccccc3n3c(=O)c4ccccc4c(c23)N1c1ccccc1. The van der Waals surface area contributed by atoms with Crippen LogP contribution < -0.4 is 10.5 Å². The van der Waals surface area contributed by atoms with Crippen LogP contribution >= 0.6 is 0 Å². The minimum absolute atomic E-state index is 0.0980. The number of imidazole rings is 1. The van der Waals surface area contributed by atoms with Gasteiger partial charge in [-0.25, -0.2) is 0 Å². The fraction of sp³-hybridized carbons (Fsp3) is 0. The van der Waals surface area contributed by atoms with Gasteiger partial charge in [-0.15, -0.1) is 0 Å². The minimum atomic E-state index is -0.129. The van der Waals surface area contributed by atoms with E-state index in [9.17, 15) is 9.59 Å². The lowest BCUT2D eigenvalue weighted by molar-refractivity contribution is 0.100. The van der Waals surface area contributed by atoms with Crippen molar-refractivity contribution >= 4 is 44.7 Å². The summed E-state index contributed by atoms with van der Waals surface area (Å²) in [6, 6.07) is 32.6. The second-order valence-electron chi connectivity index (χ2n) is 8.18. The van der Waals surface area contributed by atoms with Crippen molar-refractivity contribution in [3.63, 3.8) is 0 Å². The van der Waals surface area contributed by atoms with Crippen molar-refractivity contribution in [3.05, 3.63) is 119 Å². The lowest BCUT2D eigenvalue weighted by Crippen LogP contribution is -2.27. The third-order valence-corrected chi connectivity index (χ3v) is 6.43. The first-order valence-electron chi connectivity index (χ1n) is 10.8. The maximum atomic E-state index is 14.1. The molecule has 1 aliphatic heterocycles. The molecule has 156 valence electrons. The molecule has 0 saturated carbocycles. The monoisotopic (exact) mass is 427 g/mol. The van der Waals surface area contributed by atoms with Crippen molar-refractivity contribution in [3.8, 4) is 5.69 Å². The Morgan fingerprint density at radius 3 is 2.03 bits per heavy atom. The Labute approximate surface area is 188 Å². The summed E-state index contributed by atoms with van der Waals surface area (Å²) in [5.74, 6) is -0.129. The van der Waals surface area contributed by atoms with E-state index in [2.05, 4.69) is 4.57 Å². The fourth-order valence-electron chi connectivity index (χ4n) is 5.06. The van der Waals surface area contributed by atoms with Gasteiger partial charge in [0.25, 0.3) is 11.5 Å². The summed E-state index contributed by atoms with van der Waals surface area (Å²) in [5.41, 5.74) is 5.06. The van der Waals surface area contributed by atoms with E-state index in [0.717, 1.165) is 27.8 Å². The first kappa shape index (κ1) is 18.0. The van der Waals surface area contributed by atoms with Crippen LogP contribution in [0, 0.1) is 0 Å². The molecular formula is C28H17N3O2. The molecular weight excluding hydrogens is 410 g/mol. The Kier molecular flexibility index (Phi) is 3.51. The smallest absolute Gasteiger partial charge is 0.265 e. The zero-order valence-electron chi connectivity index (χ0n) is 17.5. The molecule has 6 aromatic rings. The van der Waals surface area contributed by atoms with Crippen LogP contribution in [-0.2, 0) is 0 Å². The zero-order valence-corrected chi connectivity index (χ0v) is 17.5. The summed E-state index contributed by atoms with van der Waals surface area (Å²) >= 11 is 0. The number of aromatic nitrogens is 2. The highest BCUT2D eigenvalue weighted by Crippen LogP contribution is 2.42. The van der Waals surface area contributed by atoms with Crippen LogP contribution in [0.2, 0.25) is 0 Å². The van der Waals surface area contributed by atoms with E-state index in [0.29, 0.717) is 22.3 Å². The Hall–Kier alpha value is -4.64. The number of anilines is 2. The number of nitrogens with zero attached hydrogens (tertiary/aromatic N) is 3. The van der Waals surface area contributed by atoms with E-state index in [1.807, 2.05) is 103 Å². The molecule has 0 saturated heterocycles. The fourth-order valence-corrected chi connectivity index (χ4v) is 5.06. The van der Waals surface area contributed by atoms with Crippen LogP contribution in [0.3, 0.4) is 0 Å². The molecule has 33 heavy (non-hydrogen) atoms. The van der Waals surface area contributed by atoms with Gasteiger partial charge in [-0.05, 0) is 42.5 Å². The standard InChI is InChI=1S/C28H17N3O2/c32-27-20-13-5-4-12-19(20)25-26-30(23-16-8-9-17-24(23)31(26)27)22-15-7-6-14-21(22)28(33)29(25)18-10-2-1-3-11-18/h1-17H. The van der Waals surface area contributed by atoms with Gasteiger partial charge in [0.1, 0.15) is 0 Å². The second-order valence-corrected chi connectivity index (χ2v) is 8.18. The highest BCUT2D eigenvalue weighted by Gasteiger charge is 2.33. The van der Waals surface area contributed by atoms with Crippen LogP contribution in [0.4, 0.5) is 11.4 Å². The van der Waals surface area contributed by atoms with Crippen molar-refractivity contribution < 1.29 is 4.79 Å². The molecule has 0 aliphatic carbocycles. The van der Waals surface area contributed by atoms with Gasteiger partial charge in [-0.2, -0.15) is 0 Å². The van der Waals surface area contributed by atoms with Gasteiger partial charge in [-0.3, -0.25) is 23.5 Å². The number of hydrogen-bond acceptors (Lipinski definition) is 2. The predicted octanol–water partition coefficient (Wildman–Crippen LogP) is 5.69. The molecule has 2 aromatic heterocycles. The summed E-state index contributed by atoms with van der Waals surface area (Å²) in [5, 5.41) is 1.32. The van der Waals surface area contributed by atoms with Gasteiger partial charge in [0.05, 0.1) is 28.0 Å². The number of fused-ring (bicyclic) bond motifs is 7. The number of para-hydroxylation sites is 4. The lowest BCUT2D eigenvalue weighted by atomic mass is 10.1. The maximum absolute atomic E-state index is 14.1. The normalized spacial score (nSPS) is 13.0. The van der Waals surface area contributed by atoms with E-state index in [4.69, 9.17) is 0 Å². The molecule has 3 heterocycles. The van der Waals surface area contributed by atoms with Gasteiger partial charge in [0.2, 0.25) is 0 Å². The van der Waals surface area contributed by atoms with Gasteiger partial charge in [-0.1, -0.05) is 60.7 Å². The van der Waals surface area contributed by atoms with E-state index >= 15 is 0 Å². The van der Waals surface area contributed by atoms with Crippen molar-refractivity contribution in [1.29, 1.82) is 0 Å². The van der Waals surface area contributed by atoms with Crippen molar-refractivity contribution in [2.75, 3.05) is 4.90 Å². The van der Waals surface area contributed by atoms with Gasteiger partial charge in [0, 0.05) is 16.5 Å². The highest BCUT2D eigenvalue weighted by atomic mass is 16.2. The van der Waals surface area contributed by atoms with E-state index < -0.39 is 0 Å². The Morgan fingerprint density at radius 2 is 1.21 bits per heavy atom. The largest absolute Gasteiger partial charge is 0.291 e. The van der Waals surface area contributed by atoms with E-state index in [-0.39, 0.29) is 11.5 Å². The number of amides is 1. The molecule has 5 heteroatoms. The number of rotatable bonds is 1. The summed E-state index contributed by atoms with van der Waals surface area (Å²) < 4.78 is 3.80. The zero-order chi connectivity index (χ0) is 22.1. The lowest BCUT2D eigenvalue weighted by Gasteiger charge is -2.24. The Morgan fingerprint density at radius 1 is 0.576 bits per heavy atom. The minimum Gasteiger partial charge on any atom is -0.291 e. The topological polar surface area (TPSA) is 46.7 Å². The number of carbonyl (C=O) groups excluding carboxylic acids is 1. The first-order valence-corrected chi connectivity index (χ1v) is 10.8. The molecule has 0 N–H and O–H groups in total. The molecule has 1 aliphatic rings. The number of benzene rings is 4. The number of carbonyl (C=O) groups is 1. The van der Waals surface area contributed by atoms with Crippen LogP contribution in [0.15, 0.2) is 108 Å². The van der Waals surface area contributed by atoms with Crippen molar-refractivity contribution in [1.82, 2.24) is 8.97 Å².